The second-order valence-corrected chi connectivity index (χ2v) is 3.28. The van der Waals surface area contributed by atoms with Crippen molar-refractivity contribution in [2.24, 2.45) is 0 Å². The van der Waals surface area contributed by atoms with Crippen molar-refractivity contribution in [3.63, 3.8) is 0 Å². The van der Waals surface area contributed by atoms with Crippen LogP contribution in [0.4, 0.5) is 10.1 Å². The van der Waals surface area contributed by atoms with Gasteiger partial charge >= 0.3 is 0 Å². The summed E-state index contributed by atoms with van der Waals surface area (Å²) in [6, 6.07) is 4.95. The van der Waals surface area contributed by atoms with Crippen molar-refractivity contribution in [1.29, 1.82) is 0 Å². The Hall–Kier alpha value is -1.13. The van der Waals surface area contributed by atoms with Crippen LogP contribution in [0.25, 0.3) is 0 Å². The van der Waals surface area contributed by atoms with Crippen LogP contribution in [0.1, 0.15) is 5.56 Å². The van der Waals surface area contributed by atoms with E-state index in [2.05, 4.69) is 0 Å². The Balaban J connectivity index is 2.71. The molecule has 0 aliphatic carbocycles. The van der Waals surface area contributed by atoms with Crippen LogP contribution in [-0.2, 0) is 6.54 Å². The summed E-state index contributed by atoms with van der Waals surface area (Å²) >= 11 is 0. The molecule has 0 aliphatic heterocycles. The third kappa shape index (κ3) is 2.68. The number of halogens is 1. The van der Waals surface area contributed by atoms with E-state index in [1.54, 1.807) is 12.1 Å². The third-order valence-corrected chi connectivity index (χ3v) is 2.03. The van der Waals surface area contributed by atoms with Crippen LogP contribution in [0.3, 0.4) is 0 Å². The van der Waals surface area contributed by atoms with Gasteiger partial charge in [0.2, 0.25) is 0 Å². The topological polar surface area (TPSA) is 49.5 Å². The summed E-state index contributed by atoms with van der Waals surface area (Å²) in [7, 11) is 1.82. The van der Waals surface area contributed by atoms with Crippen molar-refractivity contribution >= 4 is 5.69 Å². The van der Waals surface area contributed by atoms with Gasteiger partial charge in [-0.05, 0) is 13.1 Å². The molecule has 0 amide bonds. The molecule has 0 heterocycles. The van der Waals surface area contributed by atoms with Crippen molar-refractivity contribution in [3.8, 4) is 0 Å². The van der Waals surface area contributed by atoms with E-state index in [-0.39, 0.29) is 18.1 Å². The van der Waals surface area contributed by atoms with Crippen LogP contribution in [0.2, 0.25) is 0 Å². The third-order valence-electron chi connectivity index (χ3n) is 2.03. The van der Waals surface area contributed by atoms with E-state index in [1.807, 2.05) is 11.9 Å². The predicted octanol–water partition coefficient (Wildman–Crippen LogP) is 0.832. The molecule has 0 saturated carbocycles. The highest BCUT2D eigenvalue weighted by Gasteiger charge is 2.07. The first-order chi connectivity index (χ1) is 6.65. The van der Waals surface area contributed by atoms with E-state index < -0.39 is 0 Å². The second-order valence-electron chi connectivity index (χ2n) is 3.28. The van der Waals surface area contributed by atoms with Crippen LogP contribution in [0, 0.1) is 5.82 Å². The molecule has 0 radical (unpaired) electrons. The minimum absolute atomic E-state index is 0.0699. The monoisotopic (exact) mass is 198 g/mol. The zero-order valence-electron chi connectivity index (χ0n) is 8.20. The molecule has 1 aromatic carbocycles. The Labute approximate surface area is 83.0 Å². The predicted molar refractivity (Wildman–Crippen MR) is 54.2 cm³/mol. The van der Waals surface area contributed by atoms with Crippen LogP contribution >= 0.6 is 0 Å². The molecule has 1 rings (SSSR count). The lowest BCUT2D eigenvalue weighted by Crippen LogP contribution is -2.22. The molecule has 0 spiro atoms. The Bertz CT molecular complexity index is 304. The van der Waals surface area contributed by atoms with E-state index >= 15 is 0 Å². The average Bonchev–Trinajstić information content (AvgIpc) is 2.13. The number of nitrogen functional groups attached to an aromatic ring is 1. The molecule has 0 aromatic heterocycles. The molecule has 14 heavy (non-hydrogen) atoms. The van der Waals surface area contributed by atoms with Gasteiger partial charge in [-0.2, -0.15) is 0 Å². The number of nitrogens with two attached hydrogens (primary N) is 1. The van der Waals surface area contributed by atoms with Crippen molar-refractivity contribution in [3.05, 3.63) is 29.6 Å². The maximum Gasteiger partial charge on any atom is 0.150 e. The number of hydrogen-bond donors (Lipinski definition) is 2. The summed E-state index contributed by atoms with van der Waals surface area (Å²) in [6.07, 6.45) is 0. The largest absolute Gasteiger partial charge is 0.396 e. The summed E-state index contributed by atoms with van der Waals surface area (Å²) in [5.41, 5.74) is 6.15. The highest BCUT2D eigenvalue weighted by atomic mass is 19.1. The number of anilines is 1. The Morgan fingerprint density at radius 3 is 2.86 bits per heavy atom. The molecule has 0 aliphatic rings. The molecule has 0 bridgehead atoms. The molecule has 3 N–H and O–H groups in total. The van der Waals surface area contributed by atoms with Crippen molar-refractivity contribution < 1.29 is 9.50 Å². The minimum atomic E-state index is -0.364. The smallest absolute Gasteiger partial charge is 0.150 e. The quantitative estimate of drug-likeness (QED) is 0.705. The Morgan fingerprint density at radius 1 is 1.50 bits per heavy atom. The molecular weight excluding hydrogens is 183 g/mol. The number of nitrogens with zero attached hydrogens (tertiary/aromatic N) is 1. The van der Waals surface area contributed by atoms with Crippen LogP contribution < -0.4 is 5.73 Å². The zero-order valence-corrected chi connectivity index (χ0v) is 8.20. The average molecular weight is 198 g/mol. The van der Waals surface area contributed by atoms with Gasteiger partial charge in [-0.25, -0.2) is 4.39 Å². The lowest BCUT2D eigenvalue weighted by molar-refractivity contribution is 0.216. The van der Waals surface area contributed by atoms with Gasteiger partial charge in [-0.3, -0.25) is 4.90 Å². The zero-order chi connectivity index (χ0) is 10.6. The molecule has 0 saturated heterocycles. The lowest BCUT2D eigenvalue weighted by atomic mass is 10.2. The van der Waals surface area contributed by atoms with E-state index in [0.717, 1.165) is 0 Å². The Kier molecular flexibility index (Phi) is 3.85. The number of aliphatic hydroxyl groups excluding tert-OH is 1. The van der Waals surface area contributed by atoms with Gasteiger partial charge in [0.25, 0.3) is 0 Å². The van der Waals surface area contributed by atoms with Crippen molar-refractivity contribution in [2.45, 2.75) is 6.54 Å². The number of rotatable bonds is 4. The van der Waals surface area contributed by atoms with Crippen LogP contribution in [0.5, 0.6) is 0 Å². The summed E-state index contributed by atoms with van der Waals surface area (Å²) in [4.78, 5) is 1.83. The van der Waals surface area contributed by atoms with Crippen LogP contribution in [-0.4, -0.2) is 30.2 Å². The van der Waals surface area contributed by atoms with E-state index in [4.69, 9.17) is 10.8 Å². The summed E-state index contributed by atoms with van der Waals surface area (Å²) in [6.45, 7) is 1.05. The first kappa shape index (κ1) is 10.9. The first-order valence-corrected chi connectivity index (χ1v) is 4.47. The van der Waals surface area contributed by atoms with Gasteiger partial charge in [0, 0.05) is 18.7 Å². The normalized spacial score (nSPS) is 10.9. The highest BCUT2D eigenvalue weighted by molar-refractivity contribution is 5.42. The lowest BCUT2D eigenvalue weighted by Gasteiger charge is -2.15. The molecule has 0 unspecified atom stereocenters. The fourth-order valence-corrected chi connectivity index (χ4v) is 1.26. The molecule has 3 nitrogen and oxygen atoms in total. The number of aliphatic hydroxyl groups is 1. The van der Waals surface area contributed by atoms with Gasteiger partial charge in [-0.1, -0.05) is 12.1 Å². The number of benzene rings is 1. The molecule has 0 fully saturated rings. The molecule has 4 heteroatoms. The highest BCUT2D eigenvalue weighted by Crippen LogP contribution is 2.15. The van der Waals surface area contributed by atoms with Gasteiger partial charge in [0.15, 0.2) is 5.82 Å². The molecular formula is C10H15FN2O. The summed E-state index contributed by atoms with van der Waals surface area (Å²) in [5, 5.41) is 8.68. The minimum Gasteiger partial charge on any atom is -0.396 e. The fraction of sp³-hybridized carbons (Fsp3) is 0.400. The molecule has 0 atom stereocenters. The maximum absolute atomic E-state index is 13.4. The van der Waals surface area contributed by atoms with Gasteiger partial charge in [-0.15, -0.1) is 0 Å². The summed E-state index contributed by atoms with van der Waals surface area (Å²) < 4.78 is 13.4. The fourth-order valence-electron chi connectivity index (χ4n) is 1.26. The number of likely N-dealkylation sites (N-methyl/N-ethyl adjacent to an activating group) is 1. The van der Waals surface area contributed by atoms with Crippen molar-refractivity contribution in [1.82, 2.24) is 4.90 Å². The van der Waals surface area contributed by atoms with E-state index in [0.29, 0.717) is 18.7 Å². The standard InChI is InChI=1S/C10H15FN2O/c1-13(5-6-14)7-8-3-2-4-9(12)10(8)11/h2-4,14H,5-7,12H2,1H3. The van der Waals surface area contributed by atoms with Gasteiger partial charge < -0.3 is 10.8 Å². The second kappa shape index (κ2) is 4.93. The maximum atomic E-state index is 13.4. The molecule has 1 aromatic rings. The van der Waals surface area contributed by atoms with Crippen LogP contribution in [0.15, 0.2) is 18.2 Å². The van der Waals surface area contributed by atoms with Gasteiger partial charge in [0.05, 0.1) is 12.3 Å². The Morgan fingerprint density at radius 2 is 2.21 bits per heavy atom. The van der Waals surface area contributed by atoms with E-state index in [9.17, 15) is 4.39 Å². The van der Waals surface area contributed by atoms with Gasteiger partial charge in [0.1, 0.15) is 0 Å². The first-order valence-electron chi connectivity index (χ1n) is 4.47. The van der Waals surface area contributed by atoms with Crippen molar-refractivity contribution in [2.75, 3.05) is 25.9 Å². The number of hydrogen-bond acceptors (Lipinski definition) is 3. The summed E-state index contributed by atoms with van der Waals surface area (Å²) in [5.74, 6) is -0.364. The van der Waals surface area contributed by atoms with E-state index in [1.165, 1.54) is 6.07 Å². The SMILES string of the molecule is CN(CCO)Cc1cccc(N)c1F. The molecule has 78 valence electrons.